The van der Waals surface area contributed by atoms with Gasteiger partial charge >= 0.3 is 5.97 Å². The van der Waals surface area contributed by atoms with E-state index in [0.717, 1.165) is 0 Å². The maximum atomic E-state index is 13.3. The molecule has 0 aromatic heterocycles. The van der Waals surface area contributed by atoms with Crippen molar-refractivity contribution in [2.75, 3.05) is 12.8 Å². The summed E-state index contributed by atoms with van der Waals surface area (Å²) in [5, 5.41) is 0. The van der Waals surface area contributed by atoms with Gasteiger partial charge in [0, 0.05) is 10.5 Å². The second-order valence-corrected chi connectivity index (χ2v) is 4.84. The van der Waals surface area contributed by atoms with Gasteiger partial charge in [0.2, 0.25) is 0 Å². The molecule has 0 unspecified atom stereocenters. The highest BCUT2D eigenvalue weighted by Crippen LogP contribution is 2.33. The van der Waals surface area contributed by atoms with Crippen molar-refractivity contribution in [1.82, 2.24) is 0 Å². The van der Waals surface area contributed by atoms with Crippen LogP contribution in [0.2, 0.25) is 0 Å². The second-order valence-electron chi connectivity index (χ2n) is 3.92. The van der Waals surface area contributed by atoms with Gasteiger partial charge in [0.05, 0.1) is 12.8 Å². The van der Waals surface area contributed by atoms with Gasteiger partial charge in [-0.3, -0.25) is 0 Å². The van der Waals surface area contributed by atoms with Crippen LogP contribution in [0, 0.1) is 5.82 Å². The van der Waals surface area contributed by atoms with Crippen LogP contribution >= 0.6 is 15.9 Å². The van der Waals surface area contributed by atoms with Crippen LogP contribution in [0.25, 0.3) is 0 Å². The van der Waals surface area contributed by atoms with Gasteiger partial charge in [-0.15, -0.1) is 0 Å². The molecule has 0 amide bonds. The Hall–Kier alpha value is -2.08. The van der Waals surface area contributed by atoms with E-state index in [4.69, 9.17) is 10.5 Å². The summed E-state index contributed by atoms with van der Waals surface area (Å²) in [6.07, 6.45) is 0. The number of halogens is 2. The van der Waals surface area contributed by atoms with E-state index in [-0.39, 0.29) is 22.7 Å². The molecule has 104 valence electrons. The summed E-state index contributed by atoms with van der Waals surface area (Å²) in [4.78, 5) is 11.7. The first-order valence-corrected chi connectivity index (χ1v) is 6.41. The lowest BCUT2D eigenvalue weighted by Crippen LogP contribution is -2.05. The van der Waals surface area contributed by atoms with E-state index in [2.05, 4.69) is 20.7 Å². The number of hydrogen-bond acceptors (Lipinski definition) is 4. The van der Waals surface area contributed by atoms with Crippen LogP contribution in [0.15, 0.2) is 40.9 Å². The van der Waals surface area contributed by atoms with Gasteiger partial charge < -0.3 is 15.2 Å². The molecule has 0 fully saturated rings. The third kappa shape index (κ3) is 3.08. The van der Waals surface area contributed by atoms with Gasteiger partial charge in [-0.05, 0) is 24.3 Å². The monoisotopic (exact) mass is 339 g/mol. The minimum atomic E-state index is -0.581. The lowest BCUT2D eigenvalue weighted by atomic mass is 10.1. The smallest absolute Gasteiger partial charge is 0.341 e. The quantitative estimate of drug-likeness (QED) is 0.683. The van der Waals surface area contributed by atoms with E-state index in [1.165, 1.54) is 25.3 Å². The van der Waals surface area contributed by atoms with Crippen LogP contribution in [-0.2, 0) is 4.74 Å². The Bertz CT molecular complexity index is 641. The molecule has 2 rings (SSSR count). The number of hydrogen-bond donors (Lipinski definition) is 1. The van der Waals surface area contributed by atoms with Crippen LogP contribution in [0.5, 0.6) is 11.5 Å². The van der Waals surface area contributed by atoms with Crippen molar-refractivity contribution >= 4 is 27.6 Å². The molecular formula is C14H11BrFNO3. The van der Waals surface area contributed by atoms with Crippen molar-refractivity contribution in [3.8, 4) is 11.5 Å². The molecule has 4 nitrogen and oxygen atoms in total. The molecular weight excluding hydrogens is 329 g/mol. The third-order valence-electron chi connectivity index (χ3n) is 2.51. The number of anilines is 1. The zero-order chi connectivity index (χ0) is 14.7. The molecule has 20 heavy (non-hydrogen) atoms. The number of ether oxygens (including phenoxy) is 2. The number of carbonyl (C=O) groups is 1. The van der Waals surface area contributed by atoms with E-state index < -0.39 is 11.8 Å². The predicted octanol–water partition coefficient (Wildman–Crippen LogP) is 3.75. The molecule has 0 aliphatic rings. The predicted molar refractivity (Wildman–Crippen MR) is 76.4 cm³/mol. The molecule has 0 spiro atoms. The Balaban J connectivity index is 2.44. The van der Waals surface area contributed by atoms with E-state index >= 15 is 0 Å². The fourth-order valence-electron chi connectivity index (χ4n) is 1.64. The Labute approximate surface area is 123 Å². The molecule has 0 radical (unpaired) electrons. The number of esters is 1. The van der Waals surface area contributed by atoms with Gasteiger partial charge in [0.1, 0.15) is 17.1 Å². The molecule has 0 atom stereocenters. The van der Waals surface area contributed by atoms with Crippen molar-refractivity contribution in [2.45, 2.75) is 0 Å². The largest absolute Gasteiger partial charge is 0.465 e. The van der Waals surface area contributed by atoms with Crippen molar-refractivity contribution in [3.63, 3.8) is 0 Å². The standard InChI is InChI=1S/C14H11BrFNO3/c1-19-14(18)11-3-2-4-12(17)13(11)20-10-6-8(15)5-9(16)7-10/h2-7H,17H2,1H3. The average Bonchev–Trinajstić information content (AvgIpc) is 2.39. The van der Waals surface area contributed by atoms with Gasteiger partial charge in [-0.25, -0.2) is 9.18 Å². The molecule has 2 aromatic carbocycles. The Kier molecular flexibility index (Phi) is 4.24. The topological polar surface area (TPSA) is 61.5 Å². The Morgan fingerprint density at radius 1 is 1.30 bits per heavy atom. The zero-order valence-corrected chi connectivity index (χ0v) is 12.1. The molecule has 6 heteroatoms. The maximum absolute atomic E-state index is 13.3. The normalized spacial score (nSPS) is 10.2. The average molecular weight is 340 g/mol. The highest BCUT2D eigenvalue weighted by molar-refractivity contribution is 9.10. The van der Waals surface area contributed by atoms with E-state index in [0.29, 0.717) is 4.47 Å². The number of nitrogens with two attached hydrogens (primary N) is 1. The van der Waals surface area contributed by atoms with Crippen LogP contribution in [0.4, 0.5) is 10.1 Å². The first-order valence-electron chi connectivity index (χ1n) is 5.62. The SMILES string of the molecule is COC(=O)c1cccc(N)c1Oc1cc(F)cc(Br)c1. The van der Waals surface area contributed by atoms with E-state index in [1.54, 1.807) is 18.2 Å². The van der Waals surface area contributed by atoms with E-state index in [9.17, 15) is 9.18 Å². The number of methoxy groups -OCH3 is 1. The van der Waals surface area contributed by atoms with Crippen LogP contribution in [0.3, 0.4) is 0 Å². The highest BCUT2D eigenvalue weighted by atomic mass is 79.9. The maximum Gasteiger partial charge on any atom is 0.341 e. The lowest BCUT2D eigenvalue weighted by molar-refractivity contribution is 0.0598. The molecule has 2 aromatic rings. The highest BCUT2D eigenvalue weighted by Gasteiger charge is 2.16. The molecule has 0 heterocycles. The first-order chi connectivity index (χ1) is 9.51. The summed E-state index contributed by atoms with van der Waals surface area (Å²) < 4.78 is 24.0. The number of carbonyl (C=O) groups excluding carboxylic acids is 1. The second kappa shape index (κ2) is 5.92. The van der Waals surface area contributed by atoms with Crippen LogP contribution in [-0.4, -0.2) is 13.1 Å². The van der Waals surface area contributed by atoms with Crippen molar-refractivity contribution in [2.24, 2.45) is 0 Å². The van der Waals surface area contributed by atoms with E-state index in [1.807, 2.05) is 0 Å². The van der Waals surface area contributed by atoms with Crippen LogP contribution in [0.1, 0.15) is 10.4 Å². The molecule has 0 bridgehead atoms. The van der Waals surface area contributed by atoms with Gasteiger partial charge in [-0.1, -0.05) is 22.0 Å². The molecule has 0 saturated heterocycles. The lowest BCUT2D eigenvalue weighted by Gasteiger charge is -2.12. The minimum absolute atomic E-state index is 0.136. The molecule has 2 N–H and O–H groups in total. The van der Waals surface area contributed by atoms with Gasteiger partial charge in [0.15, 0.2) is 5.75 Å². The number of rotatable bonds is 3. The Morgan fingerprint density at radius 3 is 2.70 bits per heavy atom. The summed E-state index contributed by atoms with van der Waals surface area (Å²) in [5.74, 6) is -0.692. The van der Waals surface area contributed by atoms with Crippen LogP contribution < -0.4 is 10.5 Å². The fourth-order valence-corrected chi connectivity index (χ4v) is 2.09. The van der Waals surface area contributed by atoms with Crippen molar-refractivity contribution in [1.29, 1.82) is 0 Å². The van der Waals surface area contributed by atoms with Crippen molar-refractivity contribution in [3.05, 3.63) is 52.3 Å². The summed E-state index contributed by atoms with van der Waals surface area (Å²) in [5.41, 5.74) is 6.23. The number of benzene rings is 2. The molecule has 0 aliphatic heterocycles. The Morgan fingerprint density at radius 2 is 2.05 bits per heavy atom. The summed E-state index contributed by atoms with van der Waals surface area (Å²) in [6.45, 7) is 0. The number of para-hydroxylation sites is 1. The summed E-state index contributed by atoms with van der Waals surface area (Å²) in [6, 6.07) is 8.76. The van der Waals surface area contributed by atoms with Crippen molar-refractivity contribution < 1.29 is 18.7 Å². The minimum Gasteiger partial charge on any atom is -0.465 e. The zero-order valence-electron chi connectivity index (χ0n) is 10.5. The summed E-state index contributed by atoms with van der Waals surface area (Å²) >= 11 is 3.16. The first kappa shape index (κ1) is 14.3. The third-order valence-corrected chi connectivity index (χ3v) is 2.96. The fraction of sp³-hybridized carbons (Fsp3) is 0.0714. The number of nitrogen functional groups attached to an aromatic ring is 1. The van der Waals surface area contributed by atoms with Gasteiger partial charge in [-0.2, -0.15) is 0 Å². The van der Waals surface area contributed by atoms with Gasteiger partial charge in [0.25, 0.3) is 0 Å². The summed E-state index contributed by atoms with van der Waals surface area (Å²) in [7, 11) is 1.26. The molecule has 0 saturated carbocycles. The molecule has 0 aliphatic carbocycles.